The van der Waals surface area contributed by atoms with Crippen molar-refractivity contribution in [3.63, 3.8) is 0 Å². The molecule has 0 amide bonds. The topological polar surface area (TPSA) is 167 Å². The minimum atomic E-state index is -1.45. The lowest BCUT2D eigenvalue weighted by atomic mass is 9.66. The highest BCUT2D eigenvalue weighted by Gasteiger charge is 2.56. The lowest BCUT2D eigenvalue weighted by Gasteiger charge is -2.47. The minimum absolute atomic E-state index is 0.0145. The van der Waals surface area contributed by atoms with Gasteiger partial charge in [0.2, 0.25) is 12.5 Å². The van der Waals surface area contributed by atoms with Gasteiger partial charge in [0.25, 0.3) is 0 Å². The first-order chi connectivity index (χ1) is 22.2. The third-order valence-electron chi connectivity index (χ3n) is 9.23. The summed E-state index contributed by atoms with van der Waals surface area (Å²) >= 11 is 0. The summed E-state index contributed by atoms with van der Waals surface area (Å²) in [4.78, 5) is 25.8. The van der Waals surface area contributed by atoms with E-state index < -0.39 is 72.8 Å². The summed E-state index contributed by atoms with van der Waals surface area (Å²) in [6.07, 6.45) is -6.77. The summed E-state index contributed by atoms with van der Waals surface area (Å²) in [5.41, 5.74) is 1.97. The van der Waals surface area contributed by atoms with Crippen LogP contribution in [0.1, 0.15) is 49.0 Å². The lowest BCUT2D eigenvalue weighted by molar-refractivity contribution is -0.364. The number of methoxy groups -OCH3 is 2. The van der Waals surface area contributed by atoms with Crippen LogP contribution in [0.25, 0.3) is 0 Å². The smallest absolute Gasteiger partial charge is 0.311 e. The first-order valence-electron chi connectivity index (χ1n) is 15.2. The van der Waals surface area contributed by atoms with E-state index in [0.717, 1.165) is 0 Å². The molecule has 2 N–H and O–H groups in total. The maximum atomic E-state index is 13.5. The Bertz CT molecular complexity index is 1480. The molecule has 0 radical (unpaired) electrons. The molecule has 10 atom stereocenters. The number of rotatable bonds is 7. The Balaban J connectivity index is 1.31. The second-order valence-electron chi connectivity index (χ2n) is 11.8. The summed E-state index contributed by atoms with van der Waals surface area (Å²) in [5.74, 6) is -1.22. The first kappa shape index (κ1) is 31.0. The second kappa shape index (κ2) is 12.2. The number of aliphatic hydroxyl groups is 2. The number of ether oxygens (including phenoxy) is 10. The molecule has 14 nitrogen and oxygen atoms in total. The lowest BCUT2D eigenvalue weighted by Crippen LogP contribution is -2.63. The van der Waals surface area contributed by atoms with E-state index in [1.54, 1.807) is 38.1 Å². The molecule has 7 rings (SSSR count). The van der Waals surface area contributed by atoms with E-state index in [-0.39, 0.29) is 43.7 Å². The van der Waals surface area contributed by atoms with Gasteiger partial charge in [-0.25, -0.2) is 0 Å². The van der Waals surface area contributed by atoms with Crippen LogP contribution in [0, 0.1) is 11.8 Å². The van der Waals surface area contributed by atoms with Gasteiger partial charge in [0.15, 0.2) is 35.6 Å². The van der Waals surface area contributed by atoms with Gasteiger partial charge in [0.05, 0.1) is 39.5 Å². The largest absolute Gasteiger partial charge is 0.493 e. The summed E-state index contributed by atoms with van der Waals surface area (Å²) in [7, 11) is 2.89. The Morgan fingerprint density at radius 2 is 1.63 bits per heavy atom. The van der Waals surface area contributed by atoms with Crippen LogP contribution < -0.4 is 23.7 Å². The van der Waals surface area contributed by atoms with Gasteiger partial charge in [0, 0.05) is 18.3 Å². The van der Waals surface area contributed by atoms with Gasteiger partial charge in [-0.1, -0.05) is 6.92 Å². The molecule has 0 aromatic heterocycles. The van der Waals surface area contributed by atoms with Crippen LogP contribution in [0.2, 0.25) is 0 Å². The molecule has 0 bridgehead atoms. The molecule has 0 spiro atoms. The molecule has 46 heavy (non-hydrogen) atoms. The van der Waals surface area contributed by atoms with Crippen LogP contribution in [-0.4, -0.2) is 93.4 Å². The zero-order chi connectivity index (χ0) is 32.3. The number of benzene rings is 2. The third kappa shape index (κ3) is 5.13. The maximum Gasteiger partial charge on any atom is 0.311 e. The quantitative estimate of drug-likeness (QED) is 0.332. The van der Waals surface area contributed by atoms with Crippen molar-refractivity contribution in [1.29, 1.82) is 0 Å². The number of aliphatic hydroxyl groups excluding tert-OH is 2. The van der Waals surface area contributed by atoms with Crippen molar-refractivity contribution in [2.45, 2.75) is 69.3 Å². The number of carbonyl (C=O) groups is 2. The SMILES string of the molecule is CCC(=O)Oc1c(OC)cc(C2c3cc4c(cc3C(OC3OC5COC(C)OC5C(O)C3O)C3COC(=O)C23)OCO4)cc1OC. The minimum Gasteiger partial charge on any atom is -0.493 e. The molecule has 10 unspecified atom stereocenters. The first-order valence-corrected chi connectivity index (χ1v) is 15.2. The highest BCUT2D eigenvalue weighted by Crippen LogP contribution is 2.57. The van der Waals surface area contributed by atoms with E-state index in [2.05, 4.69) is 0 Å². The third-order valence-corrected chi connectivity index (χ3v) is 9.23. The summed E-state index contributed by atoms with van der Waals surface area (Å²) < 4.78 is 57.7. The standard InChI is InChI=1S/C32H36O14/c1-5-23(33)45-29-20(37-3)6-14(7-21(29)38-4)24-15-8-18-19(42-12-41-18)9-16(15)28(17-10-40-31(36)25(17)24)46-32-27(35)26(34)30-22(44-32)11-39-13(2)43-30/h6-9,13,17,22,24-28,30,32,34-35H,5,10-12H2,1-4H3. The molecule has 5 aliphatic rings. The molecule has 3 saturated heterocycles. The van der Waals surface area contributed by atoms with E-state index >= 15 is 0 Å². The van der Waals surface area contributed by atoms with Crippen molar-refractivity contribution in [2.24, 2.45) is 11.8 Å². The molecule has 4 aliphatic heterocycles. The van der Waals surface area contributed by atoms with Gasteiger partial charge in [-0.3, -0.25) is 9.59 Å². The van der Waals surface area contributed by atoms with Crippen molar-refractivity contribution in [3.8, 4) is 28.7 Å². The Hall–Kier alpha value is -3.66. The van der Waals surface area contributed by atoms with Crippen molar-refractivity contribution < 1.29 is 67.2 Å². The van der Waals surface area contributed by atoms with Crippen LogP contribution in [0.15, 0.2) is 24.3 Å². The Morgan fingerprint density at radius 1 is 0.935 bits per heavy atom. The predicted molar refractivity (Wildman–Crippen MR) is 153 cm³/mol. The molecule has 2 aromatic carbocycles. The zero-order valence-corrected chi connectivity index (χ0v) is 25.7. The van der Waals surface area contributed by atoms with Gasteiger partial charge in [-0.2, -0.15) is 0 Å². The van der Waals surface area contributed by atoms with Gasteiger partial charge >= 0.3 is 11.9 Å². The normalized spacial score (nSPS) is 34.2. The number of hydrogen-bond donors (Lipinski definition) is 2. The van der Waals surface area contributed by atoms with Crippen molar-refractivity contribution in [1.82, 2.24) is 0 Å². The number of hydrogen-bond acceptors (Lipinski definition) is 14. The van der Waals surface area contributed by atoms with Crippen LogP contribution in [-0.2, 0) is 33.3 Å². The summed E-state index contributed by atoms with van der Waals surface area (Å²) in [5, 5.41) is 22.1. The van der Waals surface area contributed by atoms with Crippen molar-refractivity contribution in [3.05, 3.63) is 41.0 Å². The number of carbonyl (C=O) groups excluding carboxylic acids is 2. The molecular weight excluding hydrogens is 608 g/mol. The molecular formula is C32H36O14. The highest BCUT2D eigenvalue weighted by molar-refractivity contribution is 5.79. The average molecular weight is 645 g/mol. The second-order valence-corrected chi connectivity index (χ2v) is 11.8. The van der Waals surface area contributed by atoms with E-state index in [0.29, 0.717) is 28.2 Å². The predicted octanol–water partition coefficient (Wildman–Crippen LogP) is 1.95. The molecule has 3 fully saturated rings. The summed E-state index contributed by atoms with van der Waals surface area (Å²) in [6.45, 7) is 3.56. The van der Waals surface area contributed by atoms with Crippen LogP contribution >= 0.6 is 0 Å². The van der Waals surface area contributed by atoms with Crippen LogP contribution in [0.3, 0.4) is 0 Å². The summed E-state index contributed by atoms with van der Waals surface area (Å²) in [6, 6.07) is 7.01. The van der Waals surface area contributed by atoms with Gasteiger partial charge in [-0.05, 0) is 47.9 Å². The number of cyclic esters (lactones) is 1. The van der Waals surface area contributed by atoms with Gasteiger partial charge < -0.3 is 57.6 Å². The number of fused-ring (bicyclic) bond motifs is 4. The van der Waals surface area contributed by atoms with Crippen LogP contribution in [0.5, 0.6) is 28.7 Å². The van der Waals surface area contributed by atoms with Crippen LogP contribution in [0.4, 0.5) is 0 Å². The fourth-order valence-electron chi connectivity index (χ4n) is 7.01. The maximum absolute atomic E-state index is 13.5. The van der Waals surface area contributed by atoms with E-state index in [1.165, 1.54) is 14.2 Å². The fraction of sp³-hybridized carbons (Fsp3) is 0.562. The Kier molecular flexibility index (Phi) is 8.19. The zero-order valence-electron chi connectivity index (χ0n) is 25.7. The molecule has 1 aliphatic carbocycles. The molecule has 0 saturated carbocycles. The molecule has 2 aromatic rings. The molecule has 14 heteroatoms. The molecule has 4 heterocycles. The molecule has 248 valence electrons. The van der Waals surface area contributed by atoms with Gasteiger partial charge in [-0.15, -0.1) is 0 Å². The fourth-order valence-corrected chi connectivity index (χ4v) is 7.01. The van der Waals surface area contributed by atoms with Crippen molar-refractivity contribution in [2.75, 3.05) is 34.2 Å². The van der Waals surface area contributed by atoms with Gasteiger partial charge in [0.1, 0.15) is 24.4 Å². The highest BCUT2D eigenvalue weighted by atomic mass is 16.8. The van der Waals surface area contributed by atoms with E-state index in [1.807, 2.05) is 0 Å². The number of esters is 2. The monoisotopic (exact) mass is 644 g/mol. The van der Waals surface area contributed by atoms with Crippen molar-refractivity contribution >= 4 is 11.9 Å². The Labute approximate surface area is 264 Å². The average Bonchev–Trinajstić information content (AvgIpc) is 3.68. The van der Waals surface area contributed by atoms with E-state index in [4.69, 9.17) is 47.4 Å². The van der Waals surface area contributed by atoms with E-state index in [9.17, 15) is 19.8 Å². The Morgan fingerprint density at radius 3 is 2.30 bits per heavy atom.